The molecule has 11 heteroatoms. The molecule has 1 atom stereocenters. The standard InChI is InChI=1S/C19H28ClN3O6S/c1-7-23(8-2)30(27,28)13-9-10-15(20)14(11-13)17(25)29-12(3)16(24)21-18(26)22-19(4,5)6/h9-12H,7-8H2,1-6H3,(H2,21,22,24,26). The Morgan fingerprint density at radius 1 is 1.17 bits per heavy atom. The molecule has 0 spiro atoms. The quantitative estimate of drug-likeness (QED) is 0.601. The predicted octanol–water partition coefficient (Wildman–Crippen LogP) is 2.54. The third kappa shape index (κ3) is 6.96. The van der Waals surface area contributed by atoms with Crippen molar-refractivity contribution in [2.45, 2.75) is 58.1 Å². The highest BCUT2D eigenvalue weighted by Crippen LogP contribution is 2.24. The predicted molar refractivity (Wildman–Crippen MR) is 113 cm³/mol. The van der Waals surface area contributed by atoms with Crippen molar-refractivity contribution in [1.82, 2.24) is 14.9 Å². The molecule has 1 aromatic rings. The van der Waals surface area contributed by atoms with Crippen molar-refractivity contribution in [2.24, 2.45) is 0 Å². The first-order valence-corrected chi connectivity index (χ1v) is 11.2. The van der Waals surface area contributed by atoms with E-state index < -0.39 is 39.6 Å². The van der Waals surface area contributed by atoms with Crippen molar-refractivity contribution in [1.29, 1.82) is 0 Å². The molecule has 1 unspecified atom stereocenters. The van der Waals surface area contributed by atoms with Gasteiger partial charge < -0.3 is 10.1 Å². The Morgan fingerprint density at radius 2 is 1.73 bits per heavy atom. The van der Waals surface area contributed by atoms with Gasteiger partial charge in [0.2, 0.25) is 10.0 Å². The summed E-state index contributed by atoms with van der Waals surface area (Å²) in [7, 11) is -3.82. The highest BCUT2D eigenvalue weighted by Gasteiger charge is 2.27. The van der Waals surface area contributed by atoms with Crippen molar-refractivity contribution < 1.29 is 27.5 Å². The van der Waals surface area contributed by atoms with Crippen LogP contribution in [0.3, 0.4) is 0 Å². The summed E-state index contributed by atoms with van der Waals surface area (Å²) in [5.74, 6) is -1.83. The van der Waals surface area contributed by atoms with Crippen LogP contribution >= 0.6 is 11.6 Å². The number of esters is 1. The number of carbonyl (C=O) groups excluding carboxylic acids is 3. The molecular formula is C19H28ClN3O6S. The fourth-order valence-electron chi connectivity index (χ4n) is 2.40. The number of urea groups is 1. The molecule has 0 saturated carbocycles. The number of ether oxygens (including phenoxy) is 1. The first-order valence-electron chi connectivity index (χ1n) is 9.36. The number of amides is 3. The summed E-state index contributed by atoms with van der Waals surface area (Å²) >= 11 is 6.03. The maximum absolute atomic E-state index is 12.7. The molecule has 1 rings (SSSR count). The summed E-state index contributed by atoms with van der Waals surface area (Å²) in [5, 5.41) is 4.58. The van der Waals surface area contributed by atoms with E-state index >= 15 is 0 Å². The SMILES string of the molecule is CCN(CC)S(=O)(=O)c1ccc(Cl)c(C(=O)OC(C)C(=O)NC(=O)NC(C)(C)C)c1. The minimum absolute atomic E-state index is 0.0309. The monoisotopic (exact) mass is 461 g/mol. The molecule has 0 aliphatic heterocycles. The van der Waals surface area contributed by atoms with Gasteiger partial charge in [0.05, 0.1) is 15.5 Å². The van der Waals surface area contributed by atoms with Crippen LogP contribution < -0.4 is 10.6 Å². The lowest BCUT2D eigenvalue weighted by atomic mass is 10.1. The molecule has 0 aliphatic rings. The number of sulfonamides is 1. The number of nitrogens with one attached hydrogen (secondary N) is 2. The van der Waals surface area contributed by atoms with Crippen LogP contribution in [0.2, 0.25) is 5.02 Å². The van der Waals surface area contributed by atoms with Gasteiger partial charge in [-0.15, -0.1) is 0 Å². The van der Waals surface area contributed by atoms with Crippen LogP contribution in [0.1, 0.15) is 51.9 Å². The molecular weight excluding hydrogens is 434 g/mol. The van der Waals surface area contributed by atoms with Crippen LogP contribution in [-0.4, -0.2) is 55.4 Å². The molecule has 1 aromatic carbocycles. The Hall–Kier alpha value is -2.17. The number of imide groups is 1. The van der Waals surface area contributed by atoms with Gasteiger partial charge in [-0.25, -0.2) is 18.0 Å². The molecule has 3 amide bonds. The Kier molecular flexibility index (Phi) is 8.82. The Morgan fingerprint density at radius 3 is 2.23 bits per heavy atom. The molecule has 30 heavy (non-hydrogen) atoms. The zero-order valence-electron chi connectivity index (χ0n) is 17.9. The molecule has 168 valence electrons. The smallest absolute Gasteiger partial charge is 0.340 e. The second-order valence-corrected chi connectivity index (χ2v) is 9.82. The van der Waals surface area contributed by atoms with Gasteiger partial charge in [-0.05, 0) is 45.9 Å². The molecule has 2 N–H and O–H groups in total. The van der Waals surface area contributed by atoms with Crippen LogP contribution in [0.15, 0.2) is 23.1 Å². The van der Waals surface area contributed by atoms with Gasteiger partial charge >= 0.3 is 12.0 Å². The van der Waals surface area contributed by atoms with Crippen LogP contribution in [0.5, 0.6) is 0 Å². The van der Waals surface area contributed by atoms with E-state index in [4.69, 9.17) is 16.3 Å². The average molecular weight is 462 g/mol. The van der Waals surface area contributed by atoms with E-state index in [0.717, 1.165) is 6.07 Å². The largest absolute Gasteiger partial charge is 0.449 e. The molecule has 0 aromatic heterocycles. The van der Waals surface area contributed by atoms with E-state index in [1.54, 1.807) is 34.6 Å². The second kappa shape index (κ2) is 10.2. The maximum atomic E-state index is 12.7. The van der Waals surface area contributed by atoms with Gasteiger partial charge in [0.15, 0.2) is 6.10 Å². The number of hydrogen-bond acceptors (Lipinski definition) is 6. The maximum Gasteiger partial charge on any atom is 0.340 e. The molecule has 0 fully saturated rings. The zero-order valence-corrected chi connectivity index (χ0v) is 19.5. The van der Waals surface area contributed by atoms with Crippen molar-refractivity contribution >= 4 is 39.5 Å². The number of carbonyl (C=O) groups is 3. The van der Waals surface area contributed by atoms with Crippen LogP contribution in [0.25, 0.3) is 0 Å². The lowest BCUT2D eigenvalue weighted by molar-refractivity contribution is -0.127. The first-order chi connectivity index (χ1) is 13.7. The Balaban J connectivity index is 2.99. The second-order valence-electron chi connectivity index (χ2n) is 7.47. The molecule has 0 bridgehead atoms. The normalized spacial score (nSPS) is 12.9. The summed E-state index contributed by atoms with van der Waals surface area (Å²) in [4.78, 5) is 36.2. The number of benzene rings is 1. The average Bonchev–Trinajstić information content (AvgIpc) is 2.60. The molecule has 9 nitrogen and oxygen atoms in total. The summed E-state index contributed by atoms with van der Waals surface area (Å²) in [6, 6.07) is 2.94. The number of nitrogens with zero attached hydrogens (tertiary/aromatic N) is 1. The van der Waals surface area contributed by atoms with E-state index in [9.17, 15) is 22.8 Å². The van der Waals surface area contributed by atoms with Crippen LogP contribution in [0.4, 0.5) is 4.79 Å². The fraction of sp³-hybridized carbons (Fsp3) is 0.526. The Bertz CT molecular complexity index is 907. The van der Waals surface area contributed by atoms with Gasteiger partial charge in [-0.2, -0.15) is 4.31 Å². The summed E-state index contributed by atoms with van der Waals surface area (Å²) < 4.78 is 31.6. The highest BCUT2D eigenvalue weighted by atomic mass is 35.5. The summed E-state index contributed by atoms with van der Waals surface area (Å²) in [5.41, 5.74) is -0.766. The molecule has 0 saturated heterocycles. The minimum Gasteiger partial charge on any atom is -0.449 e. The van der Waals surface area contributed by atoms with Crippen LogP contribution in [-0.2, 0) is 19.6 Å². The molecule has 0 heterocycles. The van der Waals surface area contributed by atoms with Crippen LogP contribution in [0, 0.1) is 0 Å². The van der Waals surface area contributed by atoms with Crippen molar-refractivity contribution in [3.63, 3.8) is 0 Å². The van der Waals surface area contributed by atoms with E-state index in [1.165, 1.54) is 23.4 Å². The number of rotatable bonds is 7. The van der Waals surface area contributed by atoms with Gasteiger partial charge in [0, 0.05) is 18.6 Å². The van der Waals surface area contributed by atoms with Gasteiger partial charge in [0.1, 0.15) is 0 Å². The topological polar surface area (TPSA) is 122 Å². The summed E-state index contributed by atoms with van der Waals surface area (Å²) in [6.45, 7) is 10.4. The van der Waals surface area contributed by atoms with E-state index in [0.29, 0.717) is 0 Å². The lowest BCUT2D eigenvalue weighted by Crippen LogP contribution is -2.50. The fourth-order valence-corrected chi connectivity index (χ4v) is 4.08. The zero-order chi connectivity index (χ0) is 23.3. The first kappa shape index (κ1) is 25.9. The number of halogens is 1. The third-order valence-corrected chi connectivity index (χ3v) is 6.25. The van der Waals surface area contributed by atoms with E-state index in [-0.39, 0.29) is 28.6 Å². The highest BCUT2D eigenvalue weighted by molar-refractivity contribution is 7.89. The van der Waals surface area contributed by atoms with Crippen molar-refractivity contribution in [3.05, 3.63) is 28.8 Å². The Labute approximate surface area is 182 Å². The lowest BCUT2D eigenvalue weighted by Gasteiger charge is -2.21. The van der Waals surface area contributed by atoms with E-state index in [2.05, 4.69) is 10.6 Å². The van der Waals surface area contributed by atoms with Crippen molar-refractivity contribution in [3.8, 4) is 0 Å². The molecule has 0 aliphatic carbocycles. The number of hydrogen-bond donors (Lipinski definition) is 2. The summed E-state index contributed by atoms with van der Waals surface area (Å²) in [6.07, 6.45) is -1.32. The van der Waals surface area contributed by atoms with Gasteiger partial charge in [0.25, 0.3) is 5.91 Å². The van der Waals surface area contributed by atoms with Gasteiger partial charge in [-0.3, -0.25) is 10.1 Å². The molecule has 0 radical (unpaired) electrons. The van der Waals surface area contributed by atoms with Crippen molar-refractivity contribution in [2.75, 3.05) is 13.1 Å². The van der Waals surface area contributed by atoms with Gasteiger partial charge in [-0.1, -0.05) is 25.4 Å². The van der Waals surface area contributed by atoms with E-state index in [1.807, 2.05) is 0 Å². The minimum atomic E-state index is -3.82. The third-order valence-electron chi connectivity index (χ3n) is 3.88.